The summed E-state index contributed by atoms with van der Waals surface area (Å²) in [6.45, 7) is 5.88. The van der Waals surface area contributed by atoms with Gasteiger partial charge in [0.15, 0.2) is 0 Å². The van der Waals surface area contributed by atoms with Gasteiger partial charge in [-0.15, -0.1) is 0 Å². The SMILES string of the molecule is C/C=C(CC)\N=C(/C)c1cc(C(=O)OC)ccn1. The first kappa shape index (κ1) is 14.1. The van der Waals surface area contributed by atoms with Crippen molar-refractivity contribution in [2.75, 3.05) is 7.11 Å². The van der Waals surface area contributed by atoms with Crippen LogP contribution in [0.4, 0.5) is 0 Å². The van der Waals surface area contributed by atoms with E-state index in [1.165, 1.54) is 7.11 Å². The molecule has 0 amide bonds. The van der Waals surface area contributed by atoms with Gasteiger partial charge in [0.05, 0.1) is 24.1 Å². The number of esters is 1. The maximum absolute atomic E-state index is 11.4. The van der Waals surface area contributed by atoms with Crippen molar-refractivity contribution in [3.8, 4) is 0 Å². The summed E-state index contributed by atoms with van der Waals surface area (Å²) in [7, 11) is 1.36. The van der Waals surface area contributed by atoms with E-state index >= 15 is 0 Å². The van der Waals surface area contributed by atoms with Crippen LogP contribution in [0, 0.1) is 0 Å². The summed E-state index contributed by atoms with van der Waals surface area (Å²) < 4.78 is 4.68. The zero-order chi connectivity index (χ0) is 13.5. The lowest BCUT2D eigenvalue weighted by atomic mass is 10.2. The largest absolute Gasteiger partial charge is 0.465 e. The van der Waals surface area contributed by atoms with Crippen LogP contribution in [-0.4, -0.2) is 23.8 Å². The first-order valence-electron chi connectivity index (χ1n) is 5.87. The third kappa shape index (κ3) is 3.52. The smallest absolute Gasteiger partial charge is 0.337 e. The number of rotatable bonds is 4. The predicted molar refractivity (Wildman–Crippen MR) is 71.8 cm³/mol. The van der Waals surface area contributed by atoms with E-state index in [0.29, 0.717) is 11.3 Å². The van der Waals surface area contributed by atoms with Crippen LogP contribution in [0.5, 0.6) is 0 Å². The maximum Gasteiger partial charge on any atom is 0.337 e. The summed E-state index contributed by atoms with van der Waals surface area (Å²) in [6.07, 6.45) is 4.42. The monoisotopic (exact) mass is 246 g/mol. The Balaban J connectivity index is 3.07. The Hall–Kier alpha value is -1.97. The van der Waals surface area contributed by atoms with Crippen LogP contribution < -0.4 is 0 Å². The zero-order valence-electron chi connectivity index (χ0n) is 11.2. The molecular formula is C14H18N2O2. The second kappa shape index (κ2) is 6.69. The van der Waals surface area contributed by atoms with Gasteiger partial charge in [-0.05, 0) is 32.4 Å². The van der Waals surface area contributed by atoms with Crippen LogP contribution in [0.15, 0.2) is 35.1 Å². The topological polar surface area (TPSA) is 51.5 Å². The minimum atomic E-state index is -0.367. The zero-order valence-corrected chi connectivity index (χ0v) is 11.2. The van der Waals surface area contributed by atoms with E-state index in [1.807, 2.05) is 26.8 Å². The minimum absolute atomic E-state index is 0.367. The van der Waals surface area contributed by atoms with Gasteiger partial charge in [0.2, 0.25) is 0 Å². The summed E-state index contributed by atoms with van der Waals surface area (Å²) in [6, 6.07) is 3.31. The molecule has 0 aliphatic carbocycles. The highest BCUT2D eigenvalue weighted by molar-refractivity contribution is 5.99. The summed E-state index contributed by atoms with van der Waals surface area (Å²) in [5, 5.41) is 0. The van der Waals surface area contributed by atoms with Crippen molar-refractivity contribution >= 4 is 11.7 Å². The second-order valence-electron chi connectivity index (χ2n) is 3.75. The quantitative estimate of drug-likeness (QED) is 0.606. The Morgan fingerprint density at radius 1 is 1.56 bits per heavy atom. The van der Waals surface area contributed by atoms with E-state index < -0.39 is 0 Å². The average Bonchev–Trinajstić information content (AvgIpc) is 2.43. The summed E-state index contributed by atoms with van der Waals surface area (Å²) in [5.41, 5.74) is 2.95. The van der Waals surface area contributed by atoms with Crippen molar-refractivity contribution in [2.45, 2.75) is 27.2 Å². The number of hydrogen-bond acceptors (Lipinski definition) is 4. The molecule has 0 radical (unpaired) electrons. The number of carbonyl (C=O) groups is 1. The average molecular weight is 246 g/mol. The molecule has 0 bridgehead atoms. The summed E-state index contributed by atoms with van der Waals surface area (Å²) in [5.74, 6) is -0.367. The first-order chi connectivity index (χ1) is 8.62. The normalized spacial score (nSPS) is 12.4. The van der Waals surface area contributed by atoms with Gasteiger partial charge in [-0.1, -0.05) is 13.0 Å². The number of carbonyl (C=O) groups excluding carboxylic acids is 1. The van der Waals surface area contributed by atoms with Gasteiger partial charge in [-0.2, -0.15) is 0 Å². The summed E-state index contributed by atoms with van der Waals surface area (Å²) >= 11 is 0. The van der Waals surface area contributed by atoms with Crippen molar-refractivity contribution < 1.29 is 9.53 Å². The molecule has 0 aliphatic rings. The number of ether oxygens (including phenoxy) is 1. The number of hydrogen-bond donors (Lipinski definition) is 0. The Labute approximate surface area is 107 Å². The molecule has 1 heterocycles. The predicted octanol–water partition coefficient (Wildman–Crippen LogP) is 2.99. The first-order valence-corrected chi connectivity index (χ1v) is 5.87. The third-order valence-corrected chi connectivity index (χ3v) is 2.56. The van der Waals surface area contributed by atoms with Gasteiger partial charge in [-0.3, -0.25) is 9.98 Å². The Morgan fingerprint density at radius 3 is 2.83 bits per heavy atom. The standard InChI is InChI=1S/C14H18N2O2/c1-5-12(6-2)16-10(3)13-9-11(7-8-15-13)14(17)18-4/h5,7-9H,6H2,1-4H3/b12-5-,16-10+. The molecule has 0 spiro atoms. The van der Waals surface area contributed by atoms with Crippen molar-refractivity contribution in [3.05, 3.63) is 41.4 Å². The number of allylic oxidation sites excluding steroid dienone is 2. The molecule has 0 saturated heterocycles. The lowest BCUT2D eigenvalue weighted by molar-refractivity contribution is 0.0600. The fourth-order valence-corrected chi connectivity index (χ4v) is 1.49. The third-order valence-electron chi connectivity index (χ3n) is 2.56. The Bertz CT molecular complexity index is 490. The molecule has 0 atom stereocenters. The molecule has 0 aliphatic heterocycles. The lowest BCUT2D eigenvalue weighted by Gasteiger charge is -2.04. The van der Waals surface area contributed by atoms with E-state index in [1.54, 1.807) is 18.3 Å². The van der Waals surface area contributed by atoms with Crippen molar-refractivity contribution in [2.24, 2.45) is 4.99 Å². The van der Waals surface area contributed by atoms with Gasteiger partial charge >= 0.3 is 5.97 Å². The van der Waals surface area contributed by atoms with Gasteiger partial charge in [0, 0.05) is 11.9 Å². The molecule has 1 rings (SSSR count). The number of aliphatic imine (C=N–C) groups is 1. The maximum atomic E-state index is 11.4. The molecular weight excluding hydrogens is 228 g/mol. The van der Waals surface area contributed by atoms with Crippen LogP contribution in [-0.2, 0) is 4.74 Å². The molecule has 18 heavy (non-hydrogen) atoms. The van der Waals surface area contributed by atoms with Crippen LogP contribution in [0.25, 0.3) is 0 Å². The van der Waals surface area contributed by atoms with E-state index in [4.69, 9.17) is 0 Å². The number of nitrogens with zero attached hydrogens (tertiary/aromatic N) is 2. The summed E-state index contributed by atoms with van der Waals surface area (Å²) in [4.78, 5) is 20.1. The minimum Gasteiger partial charge on any atom is -0.465 e. The molecule has 0 N–H and O–H groups in total. The highest BCUT2D eigenvalue weighted by Crippen LogP contribution is 2.08. The molecule has 1 aromatic rings. The van der Waals surface area contributed by atoms with E-state index in [0.717, 1.165) is 17.8 Å². The van der Waals surface area contributed by atoms with Crippen LogP contribution in [0.2, 0.25) is 0 Å². The molecule has 4 nitrogen and oxygen atoms in total. The van der Waals surface area contributed by atoms with Crippen LogP contribution in [0.3, 0.4) is 0 Å². The van der Waals surface area contributed by atoms with E-state index in [-0.39, 0.29) is 5.97 Å². The molecule has 0 saturated carbocycles. The number of aromatic nitrogens is 1. The molecule has 4 heteroatoms. The van der Waals surface area contributed by atoms with E-state index in [2.05, 4.69) is 14.7 Å². The second-order valence-corrected chi connectivity index (χ2v) is 3.75. The molecule has 96 valence electrons. The number of pyridine rings is 1. The van der Waals surface area contributed by atoms with Crippen LogP contribution in [0.1, 0.15) is 43.2 Å². The molecule has 0 fully saturated rings. The Kier molecular flexibility index (Phi) is 5.24. The fourth-order valence-electron chi connectivity index (χ4n) is 1.49. The molecule has 0 unspecified atom stereocenters. The van der Waals surface area contributed by atoms with Crippen molar-refractivity contribution in [3.63, 3.8) is 0 Å². The van der Waals surface area contributed by atoms with Gasteiger partial charge in [0.1, 0.15) is 0 Å². The van der Waals surface area contributed by atoms with Crippen molar-refractivity contribution in [1.82, 2.24) is 4.98 Å². The van der Waals surface area contributed by atoms with Gasteiger partial charge in [0.25, 0.3) is 0 Å². The number of methoxy groups -OCH3 is 1. The lowest BCUT2D eigenvalue weighted by Crippen LogP contribution is -2.05. The van der Waals surface area contributed by atoms with E-state index in [9.17, 15) is 4.79 Å². The van der Waals surface area contributed by atoms with Crippen molar-refractivity contribution in [1.29, 1.82) is 0 Å². The fraction of sp³-hybridized carbons (Fsp3) is 0.357. The van der Waals surface area contributed by atoms with Gasteiger partial charge in [-0.25, -0.2) is 4.79 Å². The Morgan fingerprint density at radius 2 is 2.28 bits per heavy atom. The highest BCUT2D eigenvalue weighted by Gasteiger charge is 2.08. The van der Waals surface area contributed by atoms with Crippen LogP contribution >= 0.6 is 0 Å². The molecule has 1 aromatic heterocycles. The molecule has 0 aromatic carbocycles. The van der Waals surface area contributed by atoms with Gasteiger partial charge < -0.3 is 4.74 Å². The highest BCUT2D eigenvalue weighted by atomic mass is 16.5.